The van der Waals surface area contributed by atoms with Gasteiger partial charge in [-0.3, -0.25) is 0 Å². The fourth-order valence-electron chi connectivity index (χ4n) is 0.502. The molecule has 0 atom stereocenters. The minimum atomic E-state index is -1.14. The molecular weight excluding hydrogens is 124 g/mol. The second-order valence-electron chi connectivity index (χ2n) is 1.47. The van der Waals surface area contributed by atoms with Crippen molar-refractivity contribution in [2.24, 2.45) is 4.99 Å². The quantitative estimate of drug-likeness (QED) is 0.470. The summed E-state index contributed by atoms with van der Waals surface area (Å²) in [4.78, 5) is 13.6. The molecule has 9 heavy (non-hydrogen) atoms. The van der Waals surface area contributed by atoms with E-state index in [1.165, 1.54) is 0 Å². The molecule has 5 heteroatoms. The van der Waals surface area contributed by atoms with Gasteiger partial charge in [0.25, 0.3) is 6.02 Å². The molecule has 0 aromatic rings. The van der Waals surface area contributed by atoms with Crippen molar-refractivity contribution in [3.8, 4) is 0 Å². The molecule has 50 valence electrons. The van der Waals surface area contributed by atoms with Crippen molar-refractivity contribution in [1.82, 2.24) is 5.32 Å². The average Bonchev–Trinajstić information content (AvgIpc) is 2.15. The lowest BCUT2D eigenvalue weighted by Gasteiger charge is -1.96. The maximum atomic E-state index is 9.88. The molecule has 0 aromatic heterocycles. The summed E-state index contributed by atoms with van der Waals surface area (Å²) >= 11 is 0. The number of rotatable bonds is 0. The summed E-state index contributed by atoms with van der Waals surface area (Å²) in [5.41, 5.74) is 0. The Hall–Kier alpha value is -1.26. The Balaban J connectivity index is 2.35. The lowest BCUT2D eigenvalue weighted by atomic mass is 10.8. The van der Waals surface area contributed by atoms with Gasteiger partial charge in [-0.1, -0.05) is 0 Å². The first-order valence-electron chi connectivity index (χ1n) is 2.46. The number of nitrogens with one attached hydrogen (secondary N) is 1. The fraction of sp³-hybridized carbons (Fsp3) is 0.500. The predicted molar refractivity (Wildman–Crippen MR) is 29.4 cm³/mol. The van der Waals surface area contributed by atoms with Gasteiger partial charge >= 0.3 is 6.09 Å². The molecular formula is C4H6N2O3. The van der Waals surface area contributed by atoms with Gasteiger partial charge in [-0.15, -0.1) is 0 Å². The van der Waals surface area contributed by atoms with Gasteiger partial charge in [0, 0.05) is 0 Å². The minimum absolute atomic E-state index is 0.0995. The van der Waals surface area contributed by atoms with Crippen LogP contribution in [-0.4, -0.2) is 30.4 Å². The van der Waals surface area contributed by atoms with Gasteiger partial charge in [-0.05, 0) is 0 Å². The highest BCUT2D eigenvalue weighted by Crippen LogP contribution is 1.89. The largest absolute Gasteiger partial charge is 0.465 e. The third-order valence-corrected chi connectivity index (χ3v) is 0.799. The maximum absolute atomic E-state index is 9.88. The van der Waals surface area contributed by atoms with E-state index in [2.05, 4.69) is 4.99 Å². The molecule has 1 heterocycles. The van der Waals surface area contributed by atoms with Crippen molar-refractivity contribution in [3.63, 3.8) is 0 Å². The lowest BCUT2D eigenvalue weighted by Crippen LogP contribution is -2.28. The Labute approximate surface area is 51.3 Å². The van der Waals surface area contributed by atoms with E-state index in [4.69, 9.17) is 9.84 Å². The highest BCUT2D eigenvalue weighted by Gasteiger charge is 2.08. The number of carboxylic acid groups (broad SMARTS) is 1. The number of nitrogens with zero attached hydrogens (tertiary/aromatic N) is 1. The number of hydrogen-bond acceptors (Lipinski definition) is 3. The van der Waals surface area contributed by atoms with Gasteiger partial charge in [-0.2, -0.15) is 0 Å². The van der Waals surface area contributed by atoms with Crippen molar-refractivity contribution in [3.05, 3.63) is 0 Å². The third kappa shape index (κ3) is 1.60. The van der Waals surface area contributed by atoms with Crippen LogP contribution in [0.1, 0.15) is 0 Å². The first kappa shape index (κ1) is 5.87. The Morgan fingerprint density at radius 1 is 1.89 bits per heavy atom. The van der Waals surface area contributed by atoms with E-state index in [1.807, 2.05) is 5.32 Å². The van der Waals surface area contributed by atoms with E-state index < -0.39 is 6.09 Å². The molecule has 0 saturated carbocycles. The first-order valence-corrected chi connectivity index (χ1v) is 2.46. The highest BCUT2D eigenvalue weighted by atomic mass is 16.5. The summed E-state index contributed by atoms with van der Waals surface area (Å²) in [6.07, 6.45) is -1.14. The molecule has 0 bridgehead atoms. The van der Waals surface area contributed by atoms with Crippen LogP contribution in [0.15, 0.2) is 4.99 Å². The van der Waals surface area contributed by atoms with Crippen LogP contribution in [-0.2, 0) is 4.74 Å². The molecule has 1 amide bonds. The van der Waals surface area contributed by atoms with E-state index >= 15 is 0 Å². The van der Waals surface area contributed by atoms with Crippen LogP contribution in [0, 0.1) is 0 Å². The second kappa shape index (κ2) is 2.34. The summed E-state index contributed by atoms with van der Waals surface area (Å²) in [6, 6.07) is 0.0995. The molecule has 2 N–H and O–H groups in total. The third-order valence-electron chi connectivity index (χ3n) is 0.799. The Bertz CT molecular complexity index is 154. The Morgan fingerprint density at radius 3 is 3.11 bits per heavy atom. The zero-order valence-corrected chi connectivity index (χ0v) is 4.63. The van der Waals surface area contributed by atoms with Crippen molar-refractivity contribution >= 4 is 12.1 Å². The monoisotopic (exact) mass is 130 g/mol. The van der Waals surface area contributed by atoms with Crippen LogP contribution in [0.4, 0.5) is 4.79 Å². The van der Waals surface area contributed by atoms with Gasteiger partial charge in [0.15, 0.2) is 0 Å². The number of carbonyl (C=O) groups is 1. The van der Waals surface area contributed by atoms with Crippen LogP contribution in [0.5, 0.6) is 0 Å². The second-order valence-corrected chi connectivity index (χ2v) is 1.47. The van der Waals surface area contributed by atoms with Crippen LogP contribution >= 0.6 is 0 Å². The number of amidine groups is 1. The zero-order chi connectivity index (χ0) is 6.69. The molecule has 0 radical (unpaired) electrons. The summed E-state index contributed by atoms with van der Waals surface area (Å²) in [6.45, 7) is 1.01. The number of amides is 1. The molecule has 0 unspecified atom stereocenters. The minimum Gasteiger partial charge on any atom is -0.465 e. The average molecular weight is 130 g/mol. The van der Waals surface area contributed by atoms with Gasteiger partial charge < -0.3 is 9.84 Å². The Kier molecular flexibility index (Phi) is 1.53. The maximum Gasteiger partial charge on any atom is 0.412 e. The molecule has 1 rings (SSSR count). The molecule has 5 nitrogen and oxygen atoms in total. The normalized spacial score (nSPS) is 16.2. The summed E-state index contributed by atoms with van der Waals surface area (Å²) in [5, 5.41) is 10.1. The fourth-order valence-corrected chi connectivity index (χ4v) is 0.502. The van der Waals surface area contributed by atoms with Crippen LogP contribution in [0.25, 0.3) is 0 Å². The molecule has 1 aliphatic rings. The van der Waals surface area contributed by atoms with E-state index in [-0.39, 0.29) is 6.02 Å². The van der Waals surface area contributed by atoms with E-state index in [0.717, 1.165) is 0 Å². The molecule has 0 aromatic carbocycles. The highest BCUT2D eigenvalue weighted by molar-refractivity contribution is 5.90. The topological polar surface area (TPSA) is 70.9 Å². The van der Waals surface area contributed by atoms with Crippen molar-refractivity contribution in [2.75, 3.05) is 13.2 Å². The summed E-state index contributed by atoms with van der Waals surface area (Å²) in [7, 11) is 0. The lowest BCUT2D eigenvalue weighted by molar-refractivity contribution is 0.197. The molecule has 0 aliphatic carbocycles. The molecule has 1 aliphatic heterocycles. The number of ether oxygens (including phenoxy) is 1. The smallest absolute Gasteiger partial charge is 0.412 e. The zero-order valence-electron chi connectivity index (χ0n) is 4.63. The van der Waals surface area contributed by atoms with E-state index in [9.17, 15) is 4.79 Å². The van der Waals surface area contributed by atoms with E-state index in [0.29, 0.717) is 13.2 Å². The molecule has 0 spiro atoms. The number of hydrogen-bond donors (Lipinski definition) is 2. The molecule has 0 fully saturated rings. The number of aliphatic imine (C=N–C) groups is 1. The first-order chi connectivity index (χ1) is 4.29. The SMILES string of the molecule is O=C(O)NC1=NCCO1. The van der Waals surface area contributed by atoms with Crippen LogP contribution in [0.2, 0.25) is 0 Å². The van der Waals surface area contributed by atoms with Crippen LogP contribution in [0.3, 0.4) is 0 Å². The van der Waals surface area contributed by atoms with Crippen molar-refractivity contribution in [2.45, 2.75) is 0 Å². The van der Waals surface area contributed by atoms with Gasteiger partial charge in [0.1, 0.15) is 6.61 Å². The Morgan fingerprint density at radius 2 is 2.67 bits per heavy atom. The van der Waals surface area contributed by atoms with E-state index in [1.54, 1.807) is 0 Å². The molecule has 0 saturated heterocycles. The van der Waals surface area contributed by atoms with Gasteiger partial charge in [0.05, 0.1) is 6.54 Å². The van der Waals surface area contributed by atoms with Crippen LogP contribution < -0.4 is 5.32 Å². The van der Waals surface area contributed by atoms with Gasteiger partial charge in [0.2, 0.25) is 0 Å². The summed E-state index contributed by atoms with van der Waals surface area (Å²) in [5.74, 6) is 0. The van der Waals surface area contributed by atoms with Crippen molar-refractivity contribution in [1.29, 1.82) is 0 Å². The standard InChI is InChI=1S/C4H6N2O3/c7-4(8)6-3-5-1-2-9-3/h1-2H2,(H,5,6)(H,7,8). The van der Waals surface area contributed by atoms with Gasteiger partial charge in [-0.25, -0.2) is 15.1 Å². The predicted octanol–water partition coefficient (Wildman–Crippen LogP) is -0.360. The van der Waals surface area contributed by atoms with Crippen molar-refractivity contribution < 1.29 is 14.6 Å². The summed E-state index contributed by atoms with van der Waals surface area (Å²) < 4.78 is 4.72.